The molecule has 5 nitrogen and oxygen atoms in total. The lowest BCUT2D eigenvalue weighted by atomic mass is 10.0. The molecule has 1 aliphatic rings. The van der Waals surface area contributed by atoms with E-state index in [4.69, 9.17) is 0 Å². The van der Waals surface area contributed by atoms with E-state index in [-0.39, 0.29) is 6.92 Å². The fourth-order valence-corrected chi connectivity index (χ4v) is 2.12. The molecule has 22 heteroatoms. The summed E-state index contributed by atoms with van der Waals surface area (Å²) in [4.78, 5) is 10.5. The van der Waals surface area contributed by atoms with Crippen LogP contribution >= 0.6 is 0 Å². The van der Waals surface area contributed by atoms with Crippen molar-refractivity contribution in [1.82, 2.24) is 0 Å². The molecule has 0 aromatic heterocycles. The highest BCUT2D eigenvalue weighted by atomic mass is 19.4. The third-order valence-electron chi connectivity index (χ3n) is 3.67. The van der Waals surface area contributed by atoms with Crippen LogP contribution in [0.1, 0.15) is 6.92 Å². The topological polar surface area (TPSA) is 54.0 Å². The Kier molecular flexibility index (Phi) is 6.95. The summed E-state index contributed by atoms with van der Waals surface area (Å²) in [5.41, 5.74) is -8.03. The van der Waals surface area contributed by atoms with Crippen LogP contribution in [0.5, 0.6) is 0 Å². The summed E-state index contributed by atoms with van der Waals surface area (Å²) in [6.45, 7) is -3.34. The highest BCUT2D eigenvalue weighted by molar-refractivity contribution is 5.66. The van der Waals surface area contributed by atoms with E-state index < -0.39 is 66.7 Å². The van der Waals surface area contributed by atoms with Gasteiger partial charge in [-0.1, -0.05) is 0 Å². The van der Waals surface area contributed by atoms with Crippen molar-refractivity contribution in [3.63, 3.8) is 0 Å². The van der Waals surface area contributed by atoms with E-state index >= 15 is 0 Å². The Labute approximate surface area is 173 Å². The van der Waals surface area contributed by atoms with E-state index in [2.05, 4.69) is 14.2 Å². The summed E-state index contributed by atoms with van der Waals surface area (Å²) in [7, 11) is 0. The summed E-state index contributed by atoms with van der Waals surface area (Å²) >= 11 is 0. The number of hydrogen-bond acceptors (Lipinski definition) is 5. The normalized spacial score (nSPS) is 26.1. The van der Waals surface area contributed by atoms with Gasteiger partial charge in [-0.15, -0.1) is 0 Å². The molecule has 1 heterocycles. The van der Waals surface area contributed by atoms with Gasteiger partial charge in [0.05, 0.1) is 0 Å². The van der Waals surface area contributed by atoms with Crippen molar-refractivity contribution in [3.8, 4) is 0 Å². The molecule has 1 fully saturated rings. The maximum atomic E-state index is 14.3. The SMILES string of the molecule is CC(=O)OC(F)(F)C1(C(F)(F)F)OCC(F)(C(F)(F)OC(F)(F)C(F)(C(F)(F)F)C(F)(F)F)O1. The predicted molar refractivity (Wildman–Crippen MR) is 63.3 cm³/mol. The second kappa shape index (κ2) is 7.83. The smallest absolute Gasteiger partial charge is 0.397 e. The molecule has 0 aliphatic carbocycles. The molecule has 0 spiro atoms. The van der Waals surface area contributed by atoms with Crippen molar-refractivity contribution in [3.05, 3.63) is 0 Å². The average molecular weight is 552 g/mol. The van der Waals surface area contributed by atoms with E-state index in [1.54, 1.807) is 4.74 Å². The minimum atomic E-state index is -8.03. The number of ether oxygens (including phenoxy) is 4. The monoisotopic (exact) mass is 552 g/mol. The zero-order chi connectivity index (χ0) is 27.6. The largest absolute Gasteiger partial charge is 0.466 e. The van der Waals surface area contributed by atoms with Gasteiger partial charge >= 0.3 is 60.1 Å². The van der Waals surface area contributed by atoms with Gasteiger partial charge in [0.2, 0.25) is 0 Å². The molecule has 0 bridgehead atoms. The molecule has 1 rings (SSSR count). The maximum Gasteiger partial charge on any atom is 0.466 e. The molecule has 1 aliphatic heterocycles. The molecule has 1 saturated heterocycles. The van der Waals surface area contributed by atoms with Crippen molar-refractivity contribution in [2.75, 3.05) is 6.61 Å². The Morgan fingerprint density at radius 1 is 0.765 bits per heavy atom. The Morgan fingerprint density at radius 2 is 1.18 bits per heavy atom. The van der Waals surface area contributed by atoms with E-state index in [1.165, 1.54) is 0 Å². The number of carbonyl (C=O) groups is 1. The molecular formula is C12H5F17O5. The standard InChI is InChI=1S/C12H5F17O5/c1-3(30)32-12(28,29)6(9(21,22)23)31-2-4(13,33-6)10(24,25)34-11(26,27)5(14,7(15,16)17)8(18,19)20/h2H2,1H3. The Bertz CT molecular complexity index is 771. The lowest BCUT2D eigenvalue weighted by molar-refractivity contribution is -0.524. The molecule has 0 amide bonds. The van der Waals surface area contributed by atoms with E-state index in [9.17, 15) is 79.4 Å². The minimum Gasteiger partial charge on any atom is -0.397 e. The second-order valence-electron chi connectivity index (χ2n) is 6.13. The van der Waals surface area contributed by atoms with Gasteiger partial charge in [0.15, 0.2) is 0 Å². The zero-order valence-electron chi connectivity index (χ0n) is 15.2. The quantitative estimate of drug-likeness (QED) is 0.338. The first-order chi connectivity index (χ1) is 14.5. The fraction of sp³-hybridized carbons (Fsp3) is 0.917. The molecular weight excluding hydrogens is 547 g/mol. The van der Waals surface area contributed by atoms with Gasteiger partial charge in [-0.05, 0) is 0 Å². The summed E-state index contributed by atoms with van der Waals surface area (Å²) in [6, 6.07) is 0. The van der Waals surface area contributed by atoms with Gasteiger partial charge < -0.3 is 9.47 Å². The molecule has 2 atom stereocenters. The van der Waals surface area contributed by atoms with Crippen LogP contribution in [0.2, 0.25) is 0 Å². The third kappa shape index (κ3) is 4.42. The van der Waals surface area contributed by atoms with Crippen molar-refractivity contribution < 1.29 is 98.4 Å². The van der Waals surface area contributed by atoms with Crippen LogP contribution in [-0.4, -0.2) is 66.7 Å². The molecule has 202 valence electrons. The molecule has 2 unspecified atom stereocenters. The van der Waals surface area contributed by atoms with E-state index in [0.29, 0.717) is 0 Å². The Balaban J connectivity index is 3.55. The first-order valence-corrected chi connectivity index (χ1v) is 7.49. The van der Waals surface area contributed by atoms with E-state index in [0.717, 1.165) is 0 Å². The number of hydrogen-bond donors (Lipinski definition) is 0. The van der Waals surface area contributed by atoms with Gasteiger partial charge in [-0.3, -0.25) is 9.53 Å². The summed E-state index contributed by atoms with van der Waals surface area (Å²) in [5, 5.41) is 0. The van der Waals surface area contributed by atoms with Crippen molar-refractivity contribution in [1.29, 1.82) is 0 Å². The summed E-state index contributed by atoms with van der Waals surface area (Å²) < 4.78 is 233. The Hall–Kier alpha value is -1.84. The number of rotatable bonds is 6. The first-order valence-electron chi connectivity index (χ1n) is 7.49. The number of esters is 1. The van der Waals surface area contributed by atoms with Crippen molar-refractivity contribution >= 4 is 5.97 Å². The number of alkyl halides is 17. The average Bonchev–Trinajstić information content (AvgIpc) is 2.91. The number of carbonyl (C=O) groups excluding carboxylic acids is 1. The van der Waals surface area contributed by atoms with E-state index in [1.807, 2.05) is 0 Å². The van der Waals surface area contributed by atoms with Crippen LogP contribution in [0, 0.1) is 0 Å². The van der Waals surface area contributed by atoms with Crippen LogP contribution in [-0.2, 0) is 23.7 Å². The summed E-state index contributed by atoms with van der Waals surface area (Å²) in [6.07, 6.45) is -44.0. The zero-order valence-corrected chi connectivity index (χ0v) is 15.2. The van der Waals surface area contributed by atoms with Crippen LogP contribution in [0.15, 0.2) is 0 Å². The third-order valence-corrected chi connectivity index (χ3v) is 3.67. The van der Waals surface area contributed by atoms with Gasteiger partial charge in [-0.25, -0.2) is 9.13 Å². The second-order valence-corrected chi connectivity index (χ2v) is 6.13. The molecule has 0 N–H and O–H groups in total. The number of halogens is 17. The van der Waals surface area contributed by atoms with Crippen LogP contribution < -0.4 is 0 Å². The summed E-state index contributed by atoms with van der Waals surface area (Å²) in [5.74, 6) is -14.7. The fourth-order valence-electron chi connectivity index (χ4n) is 2.12. The van der Waals surface area contributed by atoms with Gasteiger partial charge in [0, 0.05) is 6.92 Å². The minimum absolute atomic E-state index is 0.0248. The van der Waals surface area contributed by atoms with Crippen LogP contribution in [0.4, 0.5) is 74.6 Å². The van der Waals surface area contributed by atoms with Crippen LogP contribution in [0.25, 0.3) is 0 Å². The van der Waals surface area contributed by atoms with Gasteiger partial charge in [0.25, 0.3) is 0 Å². The van der Waals surface area contributed by atoms with Crippen molar-refractivity contribution in [2.45, 2.75) is 61.1 Å². The molecule has 0 aromatic rings. The van der Waals surface area contributed by atoms with Gasteiger partial charge in [-0.2, -0.15) is 70.2 Å². The molecule has 0 radical (unpaired) electrons. The highest BCUT2D eigenvalue weighted by Gasteiger charge is 2.89. The van der Waals surface area contributed by atoms with Crippen LogP contribution in [0.3, 0.4) is 0 Å². The van der Waals surface area contributed by atoms with Crippen molar-refractivity contribution in [2.24, 2.45) is 0 Å². The maximum absolute atomic E-state index is 14.3. The lowest BCUT2D eigenvalue weighted by Gasteiger charge is -2.39. The van der Waals surface area contributed by atoms with Gasteiger partial charge in [0.1, 0.15) is 6.61 Å². The molecule has 0 aromatic carbocycles. The Morgan fingerprint density at radius 3 is 1.50 bits per heavy atom. The highest BCUT2D eigenvalue weighted by Crippen LogP contribution is 2.60. The molecule has 0 saturated carbocycles. The first kappa shape index (κ1) is 30.2. The molecule has 34 heavy (non-hydrogen) atoms. The lowest BCUT2D eigenvalue weighted by Crippen LogP contribution is -2.68. The predicted octanol–water partition coefficient (Wildman–Crippen LogP) is 5.15.